The van der Waals surface area contributed by atoms with Crippen molar-refractivity contribution in [2.75, 3.05) is 13.1 Å². The molecule has 2 heterocycles. The molecule has 1 spiro atoms. The van der Waals surface area contributed by atoms with Crippen molar-refractivity contribution in [3.05, 3.63) is 107 Å². The molecule has 1 N–H and O–H groups in total. The molecule has 3 aromatic rings. The lowest BCUT2D eigenvalue weighted by Gasteiger charge is -2.44. The molecule has 2 saturated heterocycles. The second-order valence-electron chi connectivity index (χ2n) is 9.63. The summed E-state index contributed by atoms with van der Waals surface area (Å²) in [7, 11) is 0. The third-order valence-electron chi connectivity index (χ3n) is 7.13. The Labute approximate surface area is 228 Å². The summed E-state index contributed by atoms with van der Waals surface area (Å²) < 4.78 is 14.3. The number of carbonyl (C=O) groups is 3. The first-order valence-corrected chi connectivity index (χ1v) is 13.1. The Hall–Kier alpha value is -3.49. The van der Waals surface area contributed by atoms with Crippen LogP contribution in [0.1, 0.15) is 41.3 Å². The van der Waals surface area contributed by atoms with Gasteiger partial charge in [-0.3, -0.25) is 19.7 Å². The minimum absolute atomic E-state index is 0.0252. The van der Waals surface area contributed by atoms with Crippen LogP contribution in [0, 0.1) is 5.82 Å². The summed E-state index contributed by atoms with van der Waals surface area (Å²) in [6, 6.07) is 25.3. The average Bonchev–Trinajstić information content (AvgIpc) is 3.16. The molecule has 1 unspecified atom stereocenters. The molecule has 2 aliphatic rings. The van der Waals surface area contributed by atoms with E-state index in [1.54, 1.807) is 34.9 Å². The summed E-state index contributed by atoms with van der Waals surface area (Å²) in [5, 5.41) is 3.29. The number of thiol groups is 1. The van der Waals surface area contributed by atoms with E-state index in [0.29, 0.717) is 37.9 Å². The van der Waals surface area contributed by atoms with E-state index in [-0.39, 0.29) is 35.3 Å². The van der Waals surface area contributed by atoms with Crippen molar-refractivity contribution in [3.63, 3.8) is 0 Å². The fourth-order valence-corrected chi connectivity index (χ4v) is 5.23. The fraction of sp³-hybridized carbons (Fsp3) is 0.300. The Morgan fingerprint density at radius 3 is 2.08 bits per heavy atom. The molecule has 198 valence electrons. The van der Waals surface area contributed by atoms with Crippen molar-refractivity contribution in [1.29, 1.82) is 0 Å². The number of hydrogen-bond donors (Lipinski definition) is 2. The molecule has 0 radical (unpaired) electrons. The van der Waals surface area contributed by atoms with Gasteiger partial charge in [-0.05, 0) is 25.0 Å². The van der Waals surface area contributed by atoms with Gasteiger partial charge in [-0.15, -0.1) is 0 Å². The summed E-state index contributed by atoms with van der Waals surface area (Å²) >= 11 is 3.93. The molecule has 3 aromatic carbocycles. The number of amides is 2. The maximum atomic E-state index is 14.3. The third-order valence-corrected chi connectivity index (χ3v) is 7.42. The highest BCUT2D eigenvalue weighted by Crippen LogP contribution is 2.35. The van der Waals surface area contributed by atoms with Crippen LogP contribution in [-0.2, 0) is 17.8 Å². The Kier molecular flexibility index (Phi) is 8.97. The molecule has 0 saturated carbocycles. The molecular formula is C30H32FN3O3S. The molecule has 8 heteroatoms. The predicted octanol–water partition coefficient (Wildman–Crippen LogP) is 5.10. The van der Waals surface area contributed by atoms with Crippen molar-refractivity contribution < 1.29 is 18.8 Å². The van der Waals surface area contributed by atoms with E-state index in [0.717, 1.165) is 11.1 Å². The van der Waals surface area contributed by atoms with Crippen LogP contribution in [0.3, 0.4) is 0 Å². The topological polar surface area (TPSA) is 69.7 Å². The lowest BCUT2D eigenvalue weighted by atomic mass is 9.95. The molecule has 6 nitrogen and oxygen atoms in total. The Morgan fingerprint density at radius 2 is 1.53 bits per heavy atom. The zero-order chi connectivity index (χ0) is 27.1. The number of carbonyl (C=O) groups excluding carboxylic acids is 3. The van der Waals surface area contributed by atoms with Gasteiger partial charge in [0.1, 0.15) is 5.82 Å². The van der Waals surface area contributed by atoms with E-state index in [9.17, 15) is 18.8 Å². The number of halogens is 1. The predicted molar refractivity (Wildman–Crippen MR) is 148 cm³/mol. The van der Waals surface area contributed by atoms with Crippen LogP contribution in [0.5, 0.6) is 0 Å². The van der Waals surface area contributed by atoms with Crippen molar-refractivity contribution in [3.8, 4) is 0 Å². The van der Waals surface area contributed by atoms with Crippen LogP contribution in [0.15, 0.2) is 84.9 Å². The van der Waals surface area contributed by atoms with Crippen LogP contribution in [0.25, 0.3) is 0 Å². The largest absolute Gasteiger partial charge is 0.334 e. The zero-order valence-corrected chi connectivity index (χ0v) is 22.2. The van der Waals surface area contributed by atoms with Crippen LogP contribution < -0.4 is 5.32 Å². The Morgan fingerprint density at radius 1 is 0.947 bits per heavy atom. The van der Waals surface area contributed by atoms with Crippen molar-refractivity contribution in [1.82, 2.24) is 15.1 Å². The maximum Gasteiger partial charge on any atom is 0.278 e. The van der Waals surface area contributed by atoms with Gasteiger partial charge in [0.2, 0.25) is 5.91 Å². The smallest absolute Gasteiger partial charge is 0.278 e. The highest BCUT2D eigenvalue weighted by molar-refractivity contribution is 7.96. The van der Waals surface area contributed by atoms with Crippen LogP contribution >= 0.6 is 12.6 Å². The second kappa shape index (κ2) is 12.4. The lowest BCUT2D eigenvalue weighted by molar-refractivity contribution is -0.134. The van der Waals surface area contributed by atoms with E-state index in [1.165, 1.54) is 6.07 Å². The number of nitrogens with one attached hydrogen (secondary N) is 1. The van der Waals surface area contributed by atoms with E-state index in [1.807, 2.05) is 60.7 Å². The zero-order valence-electron chi connectivity index (χ0n) is 21.3. The molecular weight excluding hydrogens is 501 g/mol. The highest BCUT2D eigenvalue weighted by atomic mass is 32.1. The van der Waals surface area contributed by atoms with Gasteiger partial charge in [-0.2, -0.15) is 0 Å². The molecule has 38 heavy (non-hydrogen) atoms. The summed E-state index contributed by atoms with van der Waals surface area (Å²) in [4.78, 5) is 39.1. The van der Waals surface area contributed by atoms with Gasteiger partial charge in [-0.1, -0.05) is 91.5 Å². The Balaban J connectivity index is 0.000000317. The summed E-state index contributed by atoms with van der Waals surface area (Å²) in [5.41, 5.74) is 1.76. The minimum Gasteiger partial charge on any atom is -0.334 e. The Bertz CT molecular complexity index is 1260. The number of likely N-dealkylation sites (tertiary alicyclic amines) is 1. The summed E-state index contributed by atoms with van der Waals surface area (Å²) in [5.74, 6) is -0.219. The third kappa shape index (κ3) is 6.49. The standard InChI is InChI=1S/C22H24FN3O2S.C8H8O/c23-18-9-5-4-8-17(18)15-26-20(27)19(14-16-6-2-1-3-7-16)24-22(26)10-12-25(13-11-22)21(28)29;1-7(9)8-5-3-2-4-6-8/h1-9,19,24H,10-15H2,(H,28,29);2-6H,1H3. The fourth-order valence-electron chi connectivity index (χ4n) is 5.03. The SMILES string of the molecule is CC(=O)c1ccccc1.O=C(S)N1CCC2(CC1)NC(Cc1ccccc1)C(=O)N2Cc1ccccc1F. The first kappa shape index (κ1) is 27.5. The first-order valence-electron chi connectivity index (χ1n) is 12.7. The monoisotopic (exact) mass is 533 g/mol. The van der Waals surface area contributed by atoms with Crippen molar-refractivity contribution >= 4 is 29.6 Å². The van der Waals surface area contributed by atoms with Crippen LogP contribution in [0.2, 0.25) is 0 Å². The van der Waals surface area contributed by atoms with Gasteiger partial charge >= 0.3 is 0 Å². The van der Waals surface area contributed by atoms with Gasteiger partial charge in [0.15, 0.2) is 5.78 Å². The van der Waals surface area contributed by atoms with Crippen LogP contribution in [-0.4, -0.2) is 51.5 Å². The van der Waals surface area contributed by atoms with E-state index >= 15 is 0 Å². The maximum absolute atomic E-state index is 14.3. The normalized spacial score (nSPS) is 18.2. The van der Waals surface area contributed by atoms with Gasteiger partial charge < -0.3 is 9.80 Å². The summed E-state index contributed by atoms with van der Waals surface area (Å²) in [6.07, 6.45) is 1.75. The van der Waals surface area contributed by atoms with Crippen molar-refractivity contribution in [2.24, 2.45) is 0 Å². The summed E-state index contributed by atoms with van der Waals surface area (Å²) in [6.45, 7) is 2.79. The number of nitrogens with zero attached hydrogens (tertiary/aromatic N) is 2. The number of Topliss-reactive ketones (excluding diaryl/α,β-unsaturated/α-hetero) is 1. The minimum atomic E-state index is -0.585. The first-order chi connectivity index (χ1) is 18.3. The molecule has 2 amide bonds. The second-order valence-corrected chi connectivity index (χ2v) is 10.0. The van der Waals surface area contributed by atoms with Gasteiger partial charge in [0, 0.05) is 37.1 Å². The molecule has 1 atom stereocenters. The molecule has 2 fully saturated rings. The number of ketones is 1. The number of rotatable bonds is 5. The molecule has 5 rings (SSSR count). The van der Waals surface area contributed by atoms with E-state index in [4.69, 9.17) is 0 Å². The number of benzene rings is 3. The van der Waals surface area contributed by atoms with Gasteiger partial charge in [0.05, 0.1) is 18.2 Å². The molecule has 0 aromatic heterocycles. The molecule has 0 aliphatic carbocycles. The number of hydrogen-bond acceptors (Lipinski definition) is 4. The van der Waals surface area contributed by atoms with Crippen molar-refractivity contribution in [2.45, 2.75) is 44.4 Å². The molecule has 2 aliphatic heterocycles. The average molecular weight is 534 g/mol. The lowest BCUT2D eigenvalue weighted by Crippen LogP contribution is -2.59. The highest BCUT2D eigenvalue weighted by Gasteiger charge is 2.51. The quantitative estimate of drug-likeness (QED) is 0.354. The van der Waals surface area contributed by atoms with Gasteiger partial charge in [-0.25, -0.2) is 4.39 Å². The van der Waals surface area contributed by atoms with E-state index in [2.05, 4.69) is 17.9 Å². The van der Waals surface area contributed by atoms with Crippen LogP contribution in [0.4, 0.5) is 9.18 Å². The van der Waals surface area contributed by atoms with Gasteiger partial charge in [0.25, 0.3) is 5.24 Å². The number of piperidine rings is 1. The molecule has 0 bridgehead atoms. The van der Waals surface area contributed by atoms with E-state index < -0.39 is 5.66 Å².